The molecule has 2 aromatic rings. The molecule has 0 saturated carbocycles. The summed E-state index contributed by atoms with van der Waals surface area (Å²) in [7, 11) is 1.55. The normalized spacial score (nSPS) is 13.8. The van der Waals surface area contributed by atoms with E-state index in [0.717, 1.165) is 11.4 Å². The zero-order valence-corrected chi connectivity index (χ0v) is 15.9. The lowest BCUT2D eigenvalue weighted by atomic mass is 10.2. The number of piperazine rings is 1. The maximum absolute atomic E-state index is 12.5. The van der Waals surface area contributed by atoms with Crippen molar-refractivity contribution >= 4 is 23.2 Å². The minimum atomic E-state index is -0.145. The number of rotatable bonds is 6. The molecule has 1 fully saturated rings. The third-order valence-electron chi connectivity index (χ3n) is 4.62. The Hall–Kier alpha value is -3.35. The van der Waals surface area contributed by atoms with E-state index in [2.05, 4.69) is 21.8 Å². The molecular weight excluding hydrogens is 356 g/mol. The number of ether oxygens (including phenoxy) is 1. The molecular formula is C21H24N4O3. The van der Waals surface area contributed by atoms with E-state index in [-0.39, 0.29) is 18.2 Å². The number of carbonyl (C=O) groups is 2. The minimum Gasteiger partial charge on any atom is -0.481 e. The summed E-state index contributed by atoms with van der Waals surface area (Å²) in [6.07, 6.45) is 1.50. The number of methoxy groups -OCH3 is 1. The van der Waals surface area contributed by atoms with Crippen molar-refractivity contribution in [3.05, 3.63) is 60.8 Å². The van der Waals surface area contributed by atoms with Gasteiger partial charge in [-0.15, -0.1) is 0 Å². The van der Waals surface area contributed by atoms with Gasteiger partial charge in [-0.1, -0.05) is 24.8 Å². The second kappa shape index (κ2) is 9.03. The topological polar surface area (TPSA) is 74.8 Å². The first-order chi connectivity index (χ1) is 13.6. The van der Waals surface area contributed by atoms with Gasteiger partial charge < -0.3 is 19.9 Å². The summed E-state index contributed by atoms with van der Waals surface area (Å²) in [5.41, 5.74) is 2.34. The number of hydrogen-bond acceptors (Lipinski definition) is 5. The molecule has 7 nitrogen and oxygen atoms in total. The Morgan fingerprint density at radius 1 is 1.14 bits per heavy atom. The Morgan fingerprint density at radius 3 is 2.61 bits per heavy atom. The van der Waals surface area contributed by atoms with Crippen molar-refractivity contribution in [3.63, 3.8) is 0 Å². The van der Waals surface area contributed by atoms with Crippen molar-refractivity contribution in [2.75, 3.05) is 43.5 Å². The van der Waals surface area contributed by atoms with Crippen molar-refractivity contribution in [1.29, 1.82) is 0 Å². The number of benzene rings is 1. The van der Waals surface area contributed by atoms with Crippen LogP contribution in [0, 0.1) is 0 Å². The van der Waals surface area contributed by atoms with Crippen LogP contribution in [0.1, 0.15) is 5.69 Å². The highest BCUT2D eigenvalue weighted by Crippen LogP contribution is 2.27. The first kappa shape index (κ1) is 19.4. The molecule has 0 aliphatic carbocycles. The molecule has 0 radical (unpaired) electrons. The van der Waals surface area contributed by atoms with Crippen LogP contribution < -0.4 is 15.0 Å². The highest BCUT2D eigenvalue weighted by molar-refractivity contribution is 5.95. The number of pyridine rings is 1. The Kier molecular flexibility index (Phi) is 6.26. The SMILES string of the molecule is C=CC(=O)N1CCN(c2ccccc2NC(=O)Cc2cccc(OC)n2)CC1. The van der Waals surface area contributed by atoms with Gasteiger partial charge >= 0.3 is 0 Å². The predicted molar refractivity (Wildman–Crippen MR) is 109 cm³/mol. The summed E-state index contributed by atoms with van der Waals surface area (Å²) in [5.74, 6) is 0.290. The minimum absolute atomic E-state index is 0.0490. The van der Waals surface area contributed by atoms with Crippen LogP contribution in [0.25, 0.3) is 0 Å². The summed E-state index contributed by atoms with van der Waals surface area (Å²) in [5, 5.41) is 2.98. The van der Waals surface area contributed by atoms with E-state index in [0.29, 0.717) is 37.8 Å². The molecule has 0 bridgehead atoms. The number of nitrogens with one attached hydrogen (secondary N) is 1. The summed E-state index contributed by atoms with van der Waals surface area (Å²) < 4.78 is 5.10. The van der Waals surface area contributed by atoms with E-state index in [1.807, 2.05) is 30.3 Å². The fourth-order valence-corrected chi connectivity index (χ4v) is 3.18. The van der Waals surface area contributed by atoms with Gasteiger partial charge in [0.25, 0.3) is 0 Å². The van der Waals surface area contributed by atoms with Gasteiger partial charge in [-0.3, -0.25) is 9.59 Å². The molecule has 1 saturated heterocycles. The lowest BCUT2D eigenvalue weighted by molar-refractivity contribution is -0.126. The monoisotopic (exact) mass is 380 g/mol. The molecule has 146 valence electrons. The molecule has 1 aromatic heterocycles. The summed E-state index contributed by atoms with van der Waals surface area (Å²) in [6, 6.07) is 13.0. The smallest absolute Gasteiger partial charge is 0.246 e. The van der Waals surface area contributed by atoms with Crippen LogP contribution in [0.4, 0.5) is 11.4 Å². The van der Waals surface area contributed by atoms with Crippen LogP contribution in [0.2, 0.25) is 0 Å². The van der Waals surface area contributed by atoms with Crippen LogP contribution in [-0.4, -0.2) is 55.0 Å². The van der Waals surface area contributed by atoms with E-state index in [1.165, 1.54) is 6.08 Å². The van der Waals surface area contributed by atoms with Crippen LogP contribution in [-0.2, 0) is 16.0 Å². The summed E-state index contributed by atoms with van der Waals surface area (Å²) in [6.45, 7) is 6.19. The predicted octanol–water partition coefficient (Wildman–Crippen LogP) is 2.11. The van der Waals surface area contributed by atoms with E-state index in [1.54, 1.807) is 24.1 Å². The Bertz CT molecular complexity index is 860. The summed E-state index contributed by atoms with van der Waals surface area (Å²) >= 11 is 0. The van der Waals surface area contributed by atoms with Crippen LogP contribution in [0.5, 0.6) is 5.88 Å². The molecule has 1 aliphatic rings. The average Bonchev–Trinajstić information content (AvgIpc) is 2.73. The van der Waals surface area contributed by atoms with Crippen molar-refractivity contribution in [2.24, 2.45) is 0 Å². The lowest BCUT2D eigenvalue weighted by Crippen LogP contribution is -2.48. The molecule has 0 unspecified atom stereocenters. The highest BCUT2D eigenvalue weighted by Gasteiger charge is 2.21. The lowest BCUT2D eigenvalue weighted by Gasteiger charge is -2.36. The fourth-order valence-electron chi connectivity index (χ4n) is 3.18. The fraction of sp³-hybridized carbons (Fsp3) is 0.286. The number of para-hydroxylation sites is 2. The van der Waals surface area contributed by atoms with E-state index >= 15 is 0 Å². The molecule has 1 N–H and O–H groups in total. The van der Waals surface area contributed by atoms with Crippen molar-refractivity contribution in [1.82, 2.24) is 9.88 Å². The Balaban J connectivity index is 1.66. The van der Waals surface area contributed by atoms with Gasteiger partial charge in [0.2, 0.25) is 17.7 Å². The molecule has 1 aliphatic heterocycles. The van der Waals surface area contributed by atoms with E-state index in [4.69, 9.17) is 4.74 Å². The number of carbonyl (C=O) groups excluding carboxylic acids is 2. The van der Waals surface area contributed by atoms with Gasteiger partial charge in [-0.05, 0) is 24.3 Å². The maximum Gasteiger partial charge on any atom is 0.246 e. The van der Waals surface area contributed by atoms with Gasteiger partial charge in [-0.25, -0.2) is 4.98 Å². The zero-order chi connectivity index (χ0) is 19.9. The Morgan fingerprint density at radius 2 is 1.89 bits per heavy atom. The first-order valence-corrected chi connectivity index (χ1v) is 9.16. The van der Waals surface area contributed by atoms with Gasteiger partial charge in [-0.2, -0.15) is 0 Å². The molecule has 28 heavy (non-hydrogen) atoms. The van der Waals surface area contributed by atoms with Gasteiger partial charge in [0.05, 0.1) is 30.6 Å². The quantitative estimate of drug-likeness (QED) is 0.777. The molecule has 0 atom stereocenters. The number of nitrogens with zero attached hydrogens (tertiary/aromatic N) is 3. The Labute approximate surface area is 164 Å². The number of aromatic nitrogens is 1. The summed E-state index contributed by atoms with van der Waals surface area (Å²) in [4.78, 5) is 32.5. The molecule has 0 spiro atoms. The van der Waals surface area contributed by atoms with E-state index < -0.39 is 0 Å². The number of amides is 2. The average molecular weight is 380 g/mol. The first-order valence-electron chi connectivity index (χ1n) is 9.16. The third-order valence-corrected chi connectivity index (χ3v) is 4.62. The molecule has 3 rings (SSSR count). The van der Waals surface area contributed by atoms with Crippen LogP contribution in [0.3, 0.4) is 0 Å². The molecule has 1 aromatic carbocycles. The number of anilines is 2. The molecule has 2 heterocycles. The zero-order valence-electron chi connectivity index (χ0n) is 15.9. The second-order valence-corrected chi connectivity index (χ2v) is 6.43. The van der Waals surface area contributed by atoms with Gasteiger partial charge in [0, 0.05) is 32.2 Å². The number of hydrogen-bond donors (Lipinski definition) is 1. The second-order valence-electron chi connectivity index (χ2n) is 6.43. The highest BCUT2D eigenvalue weighted by atomic mass is 16.5. The third kappa shape index (κ3) is 4.68. The standard InChI is InChI=1S/C21H24N4O3/c1-3-21(27)25-13-11-24(12-14-25)18-9-5-4-8-17(18)23-19(26)15-16-7-6-10-20(22-16)28-2/h3-10H,1,11-15H2,2H3,(H,23,26). The van der Waals surface area contributed by atoms with Gasteiger partial charge in [0.1, 0.15) is 0 Å². The molecule has 7 heteroatoms. The van der Waals surface area contributed by atoms with Crippen molar-refractivity contribution in [3.8, 4) is 5.88 Å². The van der Waals surface area contributed by atoms with Crippen molar-refractivity contribution in [2.45, 2.75) is 6.42 Å². The largest absolute Gasteiger partial charge is 0.481 e. The van der Waals surface area contributed by atoms with Gasteiger partial charge in [0.15, 0.2) is 0 Å². The maximum atomic E-state index is 12.5. The van der Waals surface area contributed by atoms with E-state index in [9.17, 15) is 9.59 Å². The van der Waals surface area contributed by atoms with Crippen LogP contribution in [0.15, 0.2) is 55.1 Å². The van der Waals surface area contributed by atoms with Crippen molar-refractivity contribution < 1.29 is 14.3 Å². The molecule has 2 amide bonds. The van der Waals surface area contributed by atoms with Crippen LogP contribution >= 0.6 is 0 Å².